The first-order chi connectivity index (χ1) is 11.8. The molecule has 1 saturated heterocycles. The number of rotatable bonds is 6. The van der Waals surface area contributed by atoms with Crippen LogP contribution in [-0.2, 0) is 16.6 Å². The van der Waals surface area contributed by atoms with E-state index in [2.05, 4.69) is 23.8 Å². The van der Waals surface area contributed by atoms with Gasteiger partial charge in [0.1, 0.15) is 11.9 Å². The normalized spacial score (nSPS) is 18.8. The molecule has 0 spiro atoms. The Morgan fingerprint density at radius 2 is 2.12 bits per heavy atom. The van der Waals surface area contributed by atoms with Crippen LogP contribution in [0.1, 0.15) is 26.0 Å². The van der Waals surface area contributed by atoms with Crippen LogP contribution in [0.25, 0.3) is 0 Å². The summed E-state index contributed by atoms with van der Waals surface area (Å²) in [6, 6.07) is 3.73. The van der Waals surface area contributed by atoms with Crippen molar-refractivity contribution < 1.29 is 13.2 Å². The molecule has 0 saturated carbocycles. The van der Waals surface area contributed by atoms with Gasteiger partial charge in [0.05, 0.1) is 19.1 Å². The molecular weight excluding hydrogens is 340 g/mol. The van der Waals surface area contributed by atoms with Crippen LogP contribution in [0.3, 0.4) is 0 Å². The van der Waals surface area contributed by atoms with Gasteiger partial charge in [-0.25, -0.2) is 13.4 Å². The van der Waals surface area contributed by atoms with E-state index in [-0.39, 0.29) is 11.1 Å². The van der Waals surface area contributed by atoms with E-state index in [4.69, 9.17) is 4.74 Å². The topological polar surface area (TPSA) is 77.3 Å². The number of pyridine rings is 1. The molecule has 25 heavy (non-hydrogen) atoms. The van der Waals surface area contributed by atoms with Crippen LogP contribution in [0.15, 0.2) is 35.9 Å². The van der Waals surface area contributed by atoms with Gasteiger partial charge in [0, 0.05) is 25.0 Å². The first-order valence-electron chi connectivity index (χ1n) is 8.46. The third-order valence-corrected chi connectivity index (χ3v) is 5.84. The van der Waals surface area contributed by atoms with Crippen molar-refractivity contribution in [2.45, 2.75) is 44.9 Å². The second-order valence-corrected chi connectivity index (χ2v) is 8.71. The quantitative estimate of drug-likeness (QED) is 0.784. The summed E-state index contributed by atoms with van der Waals surface area (Å²) in [6.45, 7) is 7.57. The first kappa shape index (κ1) is 17.9. The van der Waals surface area contributed by atoms with E-state index in [0.29, 0.717) is 31.2 Å². The molecular formula is C17H24N4O3S. The van der Waals surface area contributed by atoms with Crippen molar-refractivity contribution in [3.63, 3.8) is 0 Å². The largest absolute Gasteiger partial charge is 0.487 e. The van der Waals surface area contributed by atoms with E-state index in [1.165, 1.54) is 4.31 Å². The molecule has 8 heteroatoms. The minimum atomic E-state index is -3.58. The molecule has 2 aromatic rings. The lowest BCUT2D eigenvalue weighted by molar-refractivity contribution is 0.214. The zero-order valence-corrected chi connectivity index (χ0v) is 15.6. The van der Waals surface area contributed by atoms with Crippen molar-refractivity contribution in [3.8, 4) is 5.75 Å². The Kier molecular flexibility index (Phi) is 5.10. The lowest BCUT2D eigenvalue weighted by Crippen LogP contribution is -2.31. The minimum Gasteiger partial charge on any atom is -0.487 e. The maximum Gasteiger partial charge on any atom is 0.262 e. The van der Waals surface area contributed by atoms with Gasteiger partial charge < -0.3 is 9.30 Å². The maximum absolute atomic E-state index is 12.8. The van der Waals surface area contributed by atoms with E-state index < -0.39 is 10.0 Å². The monoisotopic (exact) mass is 364 g/mol. The molecule has 1 aliphatic heterocycles. The van der Waals surface area contributed by atoms with E-state index in [9.17, 15) is 8.42 Å². The van der Waals surface area contributed by atoms with Crippen LogP contribution >= 0.6 is 0 Å². The summed E-state index contributed by atoms with van der Waals surface area (Å²) in [4.78, 5) is 8.28. The van der Waals surface area contributed by atoms with Crippen molar-refractivity contribution in [3.05, 3.63) is 36.5 Å². The van der Waals surface area contributed by atoms with Gasteiger partial charge >= 0.3 is 0 Å². The highest BCUT2D eigenvalue weighted by Gasteiger charge is 2.35. The van der Waals surface area contributed by atoms with Crippen molar-refractivity contribution in [1.29, 1.82) is 0 Å². The third kappa shape index (κ3) is 4.19. The fourth-order valence-corrected chi connectivity index (χ4v) is 4.28. The van der Waals surface area contributed by atoms with Crippen molar-refractivity contribution in [1.82, 2.24) is 18.8 Å². The summed E-state index contributed by atoms with van der Waals surface area (Å²) in [6.07, 6.45) is 5.33. The Labute approximate surface area is 148 Å². The van der Waals surface area contributed by atoms with Gasteiger partial charge in [0.25, 0.3) is 10.0 Å². The summed E-state index contributed by atoms with van der Waals surface area (Å²) in [5.41, 5.74) is 0.917. The summed E-state index contributed by atoms with van der Waals surface area (Å²) >= 11 is 0. The van der Waals surface area contributed by atoms with Gasteiger partial charge in [-0.2, -0.15) is 4.31 Å². The van der Waals surface area contributed by atoms with Crippen molar-refractivity contribution in [2.24, 2.45) is 5.92 Å². The van der Waals surface area contributed by atoms with E-state index >= 15 is 0 Å². The average molecular weight is 364 g/mol. The van der Waals surface area contributed by atoms with E-state index in [0.717, 1.165) is 12.2 Å². The molecule has 3 heterocycles. The zero-order chi connectivity index (χ0) is 18.0. The van der Waals surface area contributed by atoms with Crippen LogP contribution in [0.4, 0.5) is 0 Å². The van der Waals surface area contributed by atoms with Gasteiger partial charge in [-0.1, -0.05) is 13.8 Å². The second-order valence-electron chi connectivity index (χ2n) is 6.83. The first-order valence-corrected chi connectivity index (χ1v) is 9.90. The summed E-state index contributed by atoms with van der Waals surface area (Å²) in [7, 11) is -3.58. The Hall–Kier alpha value is -1.93. The maximum atomic E-state index is 12.8. The number of hydrogen-bond acceptors (Lipinski definition) is 5. The Balaban J connectivity index is 1.65. The van der Waals surface area contributed by atoms with Gasteiger partial charge in [-0.15, -0.1) is 0 Å². The summed E-state index contributed by atoms with van der Waals surface area (Å²) in [5, 5.41) is 0.103. The molecule has 1 aliphatic rings. The summed E-state index contributed by atoms with van der Waals surface area (Å²) < 4.78 is 34.6. The molecule has 2 aromatic heterocycles. The Morgan fingerprint density at radius 1 is 1.32 bits per heavy atom. The number of ether oxygens (including phenoxy) is 1. The predicted molar refractivity (Wildman–Crippen MR) is 93.8 cm³/mol. The van der Waals surface area contributed by atoms with Crippen LogP contribution in [-0.4, -0.2) is 46.5 Å². The molecule has 0 N–H and O–H groups in total. The number of aryl methyl sites for hydroxylation is 1. The smallest absolute Gasteiger partial charge is 0.262 e. The lowest BCUT2D eigenvalue weighted by atomic mass is 10.2. The van der Waals surface area contributed by atoms with Crippen molar-refractivity contribution >= 4 is 10.0 Å². The van der Waals surface area contributed by atoms with E-state index in [1.54, 1.807) is 18.7 Å². The zero-order valence-electron chi connectivity index (χ0n) is 14.8. The predicted octanol–water partition coefficient (Wildman–Crippen LogP) is 2.08. The highest BCUT2D eigenvalue weighted by Crippen LogP contribution is 2.23. The number of imidazole rings is 1. The number of sulfonamides is 1. The molecule has 1 atom stereocenters. The van der Waals surface area contributed by atoms with Crippen molar-refractivity contribution in [2.75, 3.05) is 13.1 Å². The minimum absolute atomic E-state index is 0.103. The Bertz CT molecular complexity index is 815. The molecule has 7 nitrogen and oxygen atoms in total. The fourth-order valence-electron chi connectivity index (χ4n) is 2.86. The molecule has 1 fully saturated rings. The molecule has 3 rings (SSSR count). The lowest BCUT2D eigenvalue weighted by Gasteiger charge is -2.16. The molecule has 0 bridgehead atoms. The molecule has 0 radical (unpaired) electrons. The summed E-state index contributed by atoms with van der Waals surface area (Å²) in [5.74, 6) is 1.09. The molecule has 0 aromatic carbocycles. The van der Waals surface area contributed by atoms with Gasteiger partial charge in [0.2, 0.25) is 0 Å². The molecule has 136 valence electrons. The SMILES string of the molecule is Cc1ccc(OC2CCN(S(=O)(=O)c3cn(CC(C)C)cn3)C2)cn1. The standard InChI is InChI=1S/C17H24N4O3S/c1-13(2)9-20-11-17(19-12-20)25(22,23)21-7-6-16(10-21)24-15-5-4-14(3)18-8-15/h4-5,8,11-13,16H,6-7,9-10H2,1-3H3. The van der Waals surface area contributed by atoms with Crippen LogP contribution < -0.4 is 4.74 Å². The van der Waals surface area contributed by atoms with Crippen LogP contribution in [0, 0.1) is 12.8 Å². The van der Waals surface area contributed by atoms with Crippen LogP contribution in [0.2, 0.25) is 0 Å². The highest BCUT2D eigenvalue weighted by molar-refractivity contribution is 7.89. The fraction of sp³-hybridized carbons (Fsp3) is 0.529. The number of aromatic nitrogens is 3. The number of hydrogen-bond donors (Lipinski definition) is 0. The average Bonchev–Trinajstić information content (AvgIpc) is 3.19. The van der Waals surface area contributed by atoms with Gasteiger partial charge in [-0.05, 0) is 31.4 Å². The van der Waals surface area contributed by atoms with Gasteiger partial charge in [0.15, 0.2) is 5.03 Å². The molecule has 1 unspecified atom stereocenters. The van der Waals surface area contributed by atoms with Crippen LogP contribution in [0.5, 0.6) is 5.75 Å². The third-order valence-electron chi connectivity index (χ3n) is 4.08. The molecule has 0 amide bonds. The molecule has 0 aliphatic carbocycles. The van der Waals surface area contributed by atoms with E-state index in [1.807, 2.05) is 23.6 Å². The second kappa shape index (κ2) is 7.13. The van der Waals surface area contributed by atoms with Gasteiger partial charge in [-0.3, -0.25) is 4.98 Å². The highest BCUT2D eigenvalue weighted by atomic mass is 32.2. The Morgan fingerprint density at radius 3 is 2.80 bits per heavy atom. The number of nitrogens with zero attached hydrogens (tertiary/aromatic N) is 4.